The van der Waals surface area contributed by atoms with Crippen molar-refractivity contribution in [3.63, 3.8) is 0 Å². The maximum Gasteiger partial charge on any atom is 0.220 e. The van der Waals surface area contributed by atoms with Crippen LogP contribution in [0.25, 0.3) is 0 Å². The van der Waals surface area contributed by atoms with Crippen LogP contribution in [-0.4, -0.2) is 96.7 Å². The molecule has 2 amide bonds. The van der Waals surface area contributed by atoms with Gasteiger partial charge in [0.15, 0.2) is 0 Å². The van der Waals surface area contributed by atoms with E-state index in [4.69, 9.17) is 11.5 Å². The van der Waals surface area contributed by atoms with Gasteiger partial charge >= 0.3 is 0 Å². The third kappa shape index (κ3) is 15.7. The predicted octanol–water partition coefficient (Wildman–Crippen LogP) is -2.51. The van der Waals surface area contributed by atoms with E-state index in [9.17, 15) is 24.9 Å². The number of carbonyl (C=O) groups excluding carboxylic acids is 2. The lowest BCUT2D eigenvalue weighted by molar-refractivity contribution is -0.122. The number of hydrogen-bond donors (Lipinski definition) is 7. The van der Waals surface area contributed by atoms with Crippen LogP contribution >= 0.6 is 0 Å². The molecule has 0 radical (unpaired) electrons. The Labute approximate surface area is 167 Å². The highest BCUT2D eigenvalue weighted by Crippen LogP contribution is 2.03. The van der Waals surface area contributed by atoms with Gasteiger partial charge < -0.3 is 42.3 Å². The fourth-order valence-corrected chi connectivity index (χ4v) is 2.53. The van der Waals surface area contributed by atoms with E-state index in [0.717, 1.165) is 38.8 Å². The van der Waals surface area contributed by atoms with Crippen LogP contribution in [-0.2, 0) is 9.59 Å². The van der Waals surface area contributed by atoms with E-state index in [-0.39, 0.29) is 44.6 Å². The molecule has 0 bridgehead atoms. The number of aliphatic hydroxyl groups excluding tert-OH is 3. The second-order valence-electron chi connectivity index (χ2n) is 6.87. The topological polar surface area (TPSA) is 174 Å². The number of carbonyl (C=O) groups is 2. The highest BCUT2D eigenvalue weighted by atomic mass is 16.3. The van der Waals surface area contributed by atoms with E-state index < -0.39 is 12.2 Å². The largest absolute Gasteiger partial charge is 0.395 e. The van der Waals surface area contributed by atoms with Gasteiger partial charge in [0.05, 0.1) is 18.8 Å². The standard InChI is InChI=1S/C18H39N5O5/c19-11-15(25)13-21-17(27)5-1-3-7-23(9-10-24)8-4-2-6-18(28)22-14-16(26)12-20/h15-16,24-26H,1-14,19-20H2,(H,21,27)(H,22,28). The van der Waals surface area contributed by atoms with Crippen LogP contribution in [0.15, 0.2) is 0 Å². The minimum atomic E-state index is -0.711. The third-order valence-corrected chi connectivity index (χ3v) is 4.29. The summed E-state index contributed by atoms with van der Waals surface area (Å²) in [5, 5.41) is 33.1. The van der Waals surface area contributed by atoms with E-state index in [1.54, 1.807) is 0 Å². The third-order valence-electron chi connectivity index (χ3n) is 4.29. The molecule has 0 fully saturated rings. The number of rotatable bonds is 18. The first-order valence-corrected chi connectivity index (χ1v) is 10.1. The second-order valence-corrected chi connectivity index (χ2v) is 6.87. The lowest BCUT2D eigenvalue weighted by Gasteiger charge is -2.21. The summed E-state index contributed by atoms with van der Waals surface area (Å²) in [4.78, 5) is 25.4. The van der Waals surface area contributed by atoms with Crippen LogP contribution < -0.4 is 22.1 Å². The fraction of sp³-hybridized carbons (Fsp3) is 0.889. The van der Waals surface area contributed by atoms with E-state index in [0.29, 0.717) is 19.4 Å². The average molecular weight is 406 g/mol. The molecule has 0 aliphatic rings. The van der Waals surface area contributed by atoms with Gasteiger partial charge in [0.25, 0.3) is 0 Å². The van der Waals surface area contributed by atoms with Gasteiger partial charge in [-0.15, -0.1) is 0 Å². The summed E-state index contributed by atoms with van der Waals surface area (Å²) in [6, 6.07) is 0. The van der Waals surface area contributed by atoms with E-state index in [1.807, 2.05) is 0 Å². The molecule has 10 nitrogen and oxygen atoms in total. The highest BCUT2D eigenvalue weighted by molar-refractivity contribution is 5.76. The van der Waals surface area contributed by atoms with Crippen molar-refractivity contribution < 1.29 is 24.9 Å². The minimum absolute atomic E-state index is 0.0644. The van der Waals surface area contributed by atoms with Crippen molar-refractivity contribution in [3.8, 4) is 0 Å². The Bertz CT molecular complexity index is 380. The van der Waals surface area contributed by atoms with Crippen molar-refractivity contribution in [2.75, 3.05) is 52.4 Å². The summed E-state index contributed by atoms with van der Waals surface area (Å²) in [5.41, 5.74) is 10.6. The molecule has 10 heteroatoms. The molecule has 9 N–H and O–H groups in total. The van der Waals surface area contributed by atoms with Gasteiger partial charge in [-0.25, -0.2) is 0 Å². The second kappa shape index (κ2) is 17.8. The number of hydrogen-bond acceptors (Lipinski definition) is 8. The van der Waals surface area contributed by atoms with Crippen molar-refractivity contribution in [2.45, 2.75) is 50.7 Å². The Morgan fingerprint density at radius 2 is 1.21 bits per heavy atom. The molecule has 0 aliphatic heterocycles. The summed E-state index contributed by atoms with van der Waals surface area (Å²) < 4.78 is 0. The van der Waals surface area contributed by atoms with Gasteiger partial charge in [-0.3, -0.25) is 9.59 Å². The van der Waals surface area contributed by atoms with Crippen LogP contribution in [0.2, 0.25) is 0 Å². The molecule has 28 heavy (non-hydrogen) atoms. The lowest BCUT2D eigenvalue weighted by Crippen LogP contribution is -2.36. The van der Waals surface area contributed by atoms with Gasteiger partial charge in [0, 0.05) is 45.6 Å². The van der Waals surface area contributed by atoms with Gasteiger partial charge in [0.2, 0.25) is 11.8 Å². The molecule has 0 aromatic carbocycles. The quantitative estimate of drug-likeness (QED) is 0.122. The van der Waals surface area contributed by atoms with Crippen LogP contribution in [0.3, 0.4) is 0 Å². The summed E-state index contributed by atoms with van der Waals surface area (Å²) >= 11 is 0. The van der Waals surface area contributed by atoms with Gasteiger partial charge in [-0.05, 0) is 38.8 Å². The first kappa shape index (κ1) is 26.7. The Kier molecular flexibility index (Phi) is 16.9. The smallest absolute Gasteiger partial charge is 0.220 e. The van der Waals surface area contributed by atoms with Crippen molar-refractivity contribution in [1.82, 2.24) is 15.5 Å². The molecule has 2 unspecified atom stereocenters. The summed E-state index contributed by atoms with van der Waals surface area (Å²) in [6.07, 6.45) is 2.44. The molecule has 0 aliphatic carbocycles. The van der Waals surface area contributed by atoms with Crippen molar-refractivity contribution in [2.24, 2.45) is 11.5 Å². The number of amides is 2. The molecule has 166 valence electrons. The number of nitrogens with one attached hydrogen (secondary N) is 2. The van der Waals surface area contributed by atoms with Crippen molar-refractivity contribution in [3.05, 3.63) is 0 Å². The summed E-state index contributed by atoms with van der Waals surface area (Å²) in [7, 11) is 0. The number of nitrogens with two attached hydrogens (primary N) is 2. The van der Waals surface area contributed by atoms with Crippen LogP contribution in [0.5, 0.6) is 0 Å². The predicted molar refractivity (Wildman–Crippen MR) is 107 cm³/mol. The molecular weight excluding hydrogens is 366 g/mol. The zero-order valence-corrected chi connectivity index (χ0v) is 16.8. The molecule has 0 heterocycles. The van der Waals surface area contributed by atoms with Gasteiger partial charge in [-0.1, -0.05) is 0 Å². The first-order valence-electron chi connectivity index (χ1n) is 10.1. The Hall–Kier alpha value is -1.30. The highest BCUT2D eigenvalue weighted by Gasteiger charge is 2.09. The van der Waals surface area contributed by atoms with E-state index in [2.05, 4.69) is 15.5 Å². The molecule has 0 saturated heterocycles. The maximum atomic E-state index is 11.6. The SMILES string of the molecule is NCC(O)CNC(=O)CCCCN(CCO)CCCCC(=O)NCC(O)CN. The number of aliphatic hydroxyl groups is 3. The van der Waals surface area contributed by atoms with Crippen molar-refractivity contribution in [1.29, 1.82) is 0 Å². The average Bonchev–Trinajstić information content (AvgIpc) is 2.70. The summed E-state index contributed by atoms with van der Waals surface area (Å²) in [6.45, 7) is 2.75. The van der Waals surface area contributed by atoms with Crippen LogP contribution in [0.4, 0.5) is 0 Å². The zero-order chi connectivity index (χ0) is 21.2. The Morgan fingerprint density at radius 3 is 1.57 bits per heavy atom. The molecule has 0 saturated carbocycles. The van der Waals surface area contributed by atoms with Gasteiger partial charge in [0.1, 0.15) is 0 Å². The molecule has 0 aromatic heterocycles. The lowest BCUT2D eigenvalue weighted by atomic mass is 10.2. The normalized spacial score (nSPS) is 13.4. The molecule has 0 aromatic rings. The first-order chi connectivity index (χ1) is 13.4. The molecular formula is C18H39N5O5. The molecule has 0 rings (SSSR count). The van der Waals surface area contributed by atoms with Gasteiger partial charge in [-0.2, -0.15) is 0 Å². The number of nitrogens with zero attached hydrogens (tertiary/aromatic N) is 1. The maximum absolute atomic E-state index is 11.6. The van der Waals surface area contributed by atoms with E-state index >= 15 is 0 Å². The van der Waals surface area contributed by atoms with E-state index in [1.165, 1.54) is 0 Å². The number of unbranched alkanes of at least 4 members (excludes halogenated alkanes) is 2. The summed E-state index contributed by atoms with van der Waals surface area (Å²) in [5.74, 6) is -0.209. The van der Waals surface area contributed by atoms with Crippen LogP contribution in [0, 0.1) is 0 Å². The molecule has 2 atom stereocenters. The van der Waals surface area contributed by atoms with Crippen LogP contribution in [0.1, 0.15) is 38.5 Å². The fourth-order valence-electron chi connectivity index (χ4n) is 2.53. The van der Waals surface area contributed by atoms with Crippen molar-refractivity contribution >= 4 is 11.8 Å². The monoisotopic (exact) mass is 405 g/mol. The Balaban J connectivity index is 3.82. The zero-order valence-electron chi connectivity index (χ0n) is 16.8. The molecule has 0 spiro atoms. The minimum Gasteiger partial charge on any atom is -0.395 e. The Morgan fingerprint density at radius 1 is 0.786 bits per heavy atom.